The second-order valence-corrected chi connectivity index (χ2v) is 7.41. The lowest BCUT2D eigenvalue weighted by Gasteiger charge is -2.28. The molecule has 23 heavy (non-hydrogen) atoms. The zero-order chi connectivity index (χ0) is 16.4. The molecule has 6 nitrogen and oxygen atoms in total. The van der Waals surface area contributed by atoms with Gasteiger partial charge in [-0.15, -0.1) is 0 Å². The maximum atomic E-state index is 12.9. The van der Waals surface area contributed by atoms with Crippen molar-refractivity contribution in [1.29, 1.82) is 0 Å². The number of sulfonamides is 1. The standard InChI is InChI=1S/C16H17N3O3S/c1-12(2)19(14-6-4-3-5-7-14)23(20,21)11-13-8-9-15-16(10-13)18-22-17-15/h3-10,12H,11H2,1-2H3. The van der Waals surface area contributed by atoms with E-state index in [1.807, 2.05) is 32.0 Å². The second-order valence-electron chi connectivity index (χ2n) is 5.57. The van der Waals surface area contributed by atoms with Gasteiger partial charge in [0, 0.05) is 6.04 Å². The van der Waals surface area contributed by atoms with Crippen molar-refractivity contribution in [3.05, 3.63) is 54.1 Å². The van der Waals surface area contributed by atoms with Crippen molar-refractivity contribution in [1.82, 2.24) is 10.3 Å². The maximum Gasteiger partial charge on any atom is 0.239 e. The molecule has 120 valence electrons. The molecule has 0 saturated heterocycles. The molecule has 0 N–H and O–H groups in total. The minimum Gasteiger partial charge on any atom is -0.267 e. The van der Waals surface area contributed by atoms with E-state index in [4.69, 9.17) is 0 Å². The number of hydrogen-bond acceptors (Lipinski definition) is 5. The highest BCUT2D eigenvalue weighted by Crippen LogP contribution is 2.24. The number of anilines is 1. The van der Waals surface area contributed by atoms with Gasteiger partial charge in [0.1, 0.15) is 11.0 Å². The number of benzene rings is 2. The third-order valence-corrected chi connectivity index (χ3v) is 5.38. The van der Waals surface area contributed by atoms with Gasteiger partial charge in [0.15, 0.2) is 0 Å². The largest absolute Gasteiger partial charge is 0.267 e. The van der Waals surface area contributed by atoms with Crippen LogP contribution in [0.1, 0.15) is 19.4 Å². The quantitative estimate of drug-likeness (QED) is 0.718. The van der Waals surface area contributed by atoms with Crippen LogP contribution >= 0.6 is 0 Å². The van der Waals surface area contributed by atoms with Crippen LogP contribution in [-0.2, 0) is 15.8 Å². The van der Waals surface area contributed by atoms with Crippen LogP contribution in [0, 0.1) is 0 Å². The van der Waals surface area contributed by atoms with Gasteiger partial charge < -0.3 is 0 Å². The van der Waals surface area contributed by atoms with E-state index in [9.17, 15) is 8.42 Å². The molecule has 0 spiro atoms. The highest BCUT2D eigenvalue weighted by molar-refractivity contribution is 7.92. The Balaban J connectivity index is 1.95. The van der Waals surface area contributed by atoms with Crippen LogP contribution < -0.4 is 4.31 Å². The SMILES string of the molecule is CC(C)N(c1ccccc1)S(=O)(=O)Cc1ccc2nonc2c1. The monoisotopic (exact) mass is 331 g/mol. The van der Waals surface area contributed by atoms with E-state index in [-0.39, 0.29) is 11.8 Å². The zero-order valence-corrected chi connectivity index (χ0v) is 13.7. The summed E-state index contributed by atoms with van der Waals surface area (Å²) in [5.74, 6) is -0.108. The van der Waals surface area contributed by atoms with Gasteiger partial charge in [-0.05, 0) is 54.0 Å². The van der Waals surface area contributed by atoms with Gasteiger partial charge >= 0.3 is 0 Å². The van der Waals surface area contributed by atoms with Crippen molar-refractivity contribution in [3.8, 4) is 0 Å². The summed E-state index contributed by atoms with van der Waals surface area (Å²) in [7, 11) is -3.52. The Hall–Kier alpha value is -2.41. The van der Waals surface area contributed by atoms with Crippen molar-refractivity contribution in [2.75, 3.05) is 4.31 Å². The summed E-state index contributed by atoms with van der Waals surface area (Å²) in [6, 6.07) is 14.0. The Kier molecular flexibility index (Phi) is 4.04. The van der Waals surface area contributed by atoms with Crippen LogP contribution in [0.15, 0.2) is 53.2 Å². The fourth-order valence-electron chi connectivity index (χ4n) is 2.55. The Bertz CT molecular complexity index is 904. The van der Waals surface area contributed by atoms with Gasteiger partial charge in [0.05, 0.1) is 11.4 Å². The minimum absolute atomic E-state index is 0.108. The summed E-state index contributed by atoms with van der Waals surface area (Å²) in [5.41, 5.74) is 2.46. The van der Waals surface area contributed by atoms with E-state index < -0.39 is 10.0 Å². The molecule has 0 fully saturated rings. The molecule has 0 aliphatic rings. The van der Waals surface area contributed by atoms with Gasteiger partial charge in [-0.3, -0.25) is 4.31 Å². The molecule has 0 atom stereocenters. The van der Waals surface area contributed by atoms with Gasteiger partial charge in [-0.2, -0.15) is 0 Å². The van der Waals surface area contributed by atoms with Crippen molar-refractivity contribution < 1.29 is 13.0 Å². The highest BCUT2D eigenvalue weighted by Gasteiger charge is 2.25. The van der Waals surface area contributed by atoms with E-state index in [1.165, 1.54) is 4.31 Å². The summed E-state index contributed by atoms with van der Waals surface area (Å²) in [5, 5.41) is 7.47. The fourth-order valence-corrected chi connectivity index (χ4v) is 4.38. The molecular formula is C16H17N3O3S. The summed E-state index contributed by atoms with van der Waals surface area (Å²) >= 11 is 0. The molecule has 3 rings (SSSR count). The summed E-state index contributed by atoms with van der Waals surface area (Å²) in [6.07, 6.45) is 0. The second kappa shape index (κ2) is 6.00. The van der Waals surface area contributed by atoms with E-state index in [1.54, 1.807) is 30.3 Å². The highest BCUT2D eigenvalue weighted by atomic mass is 32.2. The van der Waals surface area contributed by atoms with Crippen LogP contribution in [0.5, 0.6) is 0 Å². The molecule has 0 amide bonds. The van der Waals surface area contributed by atoms with E-state index in [0.29, 0.717) is 22.3 Å². The van der Waals surface area contributed by atoms with E-state index in [2.05, 4.69) is 14.9 Å². The van der Waals surface area contributed by atoms with Gasteiger partial charge in [0.2, 0.25) is 10.0 Å². The third-order valence-electron chi connectivity index (χ3n) is 3.45. The predicted molar refractivity (Wildman–Crippen MR) is 88.5 cm³/mol. The van der Waals surface area contributed by atoms with Crippen LogP contribution in [0.4, 0.5) is 5.69 Å². The molecule has 0 unspecified atom stereocenters. The molecule has 1 aromatic heterocycles. The van der Waals surface area contributed by atoms with Crippen LogP contribution in [0.25, 0.3) is 11.0 Å². The first kappa shape index (κ1) is 15.5. The van der Waals surface area contributed by atoms with Gasteiger partial charge in [-0.1, -0.05) is 24.3 Å². The van der Waals surface area contributed by atoms with Crippen LogP contribution in [0.2, 0.25) is 0 Å². The van der Waals surface area contributed by atoms with E-state index in [0.717, 1.165) is 0 Å². The van der Waals surface area contributed by atoms with Crippen LogP contribution in [0.3, 0.4) is 0 Å². The van der Waals surface area contributed by atoms with Crippen molar-refractivity contribution in [3.63, 3.8) is 0 Å². The molecule has 0 saturated carbocycles. The molecule has 0 radical (unpaired) electrons. The summed E-state index contributed by atoms with van der Waals surface area (Å²) in [4.78, 5) is 0. The van der Waals surface area contributed by atoms with Crippen molar-refractivity contribution in [2.24, 2.45) is 0 Å². The summed E-state index contributed by atoms with van der Waals surface area (Å²) in [6.45, 7) is 3.71. The fraction of sp³-hybridized carbons (Fsp3) is 0.250. The normalized spacial score (nSPS) is 12.0. The average molecular weight is 331 g/mol. The minimum atomic E-state index is -3.52. The molecule has 0 aliphatic heterocycles. The number of para-hydroxylation sites is 1. The first-order chi connectivity index (χ1) is 11.0. The van der Waals surface area contributed by atoms with Crippen LogP contribution in [-0.4, -0.2) is 24.8 Å². The van der Waals surface area contributed by atoms with Gasteiger partial charge in [-0.25, -0.2) is 13.0 Å². The zero-order valence-electron chi connectivity index (χ0n) is 12.9. The Morgan fingerprint density at radius 2 is 1.74 bits per heavy atom. The molecular weight excluding hydrogens is 314 g/mol. The predicted octanol–water partition coefficient (Wildman–Crippen LogP) is 2.97. The number of nitrogens with zero attached hydrogens (tertiary/aromatic N) is 3. The van der Waals surface area contributed by atoms with Gasteiger partial charge in [0.25, 0.3) is 0 Å². The number of rotatable bonds is 5. The van der Waals surface area contributed by atoms with Crippen molar-refractivity contribution >= 4 is 26.7 Å². The Morgan fingerprint density at radius 3 is 2.43 bits per heavy atom. The lowest BCUT2D eigenvalue weighted by molar-refractivity contribution is 0.315. The Labute approximate surface area is 134 Å². The summed E-state index contributed by atoms with van der Waals surface area (Å²) < 4.78 is 31.9. The molecule has 3 aromatic rings. The molecule has 7 heteroatoms. The molecule has 1 heterocycles. The first-order valence-corrected chi connectivity index (χ1v) is 8.86. The van der Waals surface area contributed by atoms with E-state index >= 15 is 0 Å². The number of aromatic nitrogens is 2. The van der Waals surface area contributed by atoms with Crippen molar-refractivity contribution in [2.45, 2.75) is 25.6 Å². The maximum absolute atomic E-state index is 12.9. The molecule has 0 aliphatic carbocycles. The lowest BCUT2D eigenvalue weighted by Crippen LogP contribution is -2.37. The third kappa shape index (κ3) is 3.19. The number of hydrogen-bond donors (Lipinski definition) is 0. The Morgan fingerprint density at radius 1 is 1.04 bits per heavy atom. The number of fused-ring (bicyclic) bond motifs is 1. The smallest absolute Gasteiger partial charge is 0.239 e. The first-order valence-electron chi connectivity index (χ1n) is 7.26. The molecule has 2 aromatic carbocycles. The topological polar surface area (TPSA) is 76.3 Å². The average Bonchev–Trinajstić information content (AvgIpc) is 2.94. The molecule has 0 bridgehead atoms. The lowest BCUT2D eigenvalue weighted by atomic mass is 10.2.